The fourth-order valence-corrected chi connectivity index (χ4v) is 2.39. The van der Waals surface area contributed by atoms with Crippen LogP contribution in [-0.4, -0.2) is 19.5 Å². The molecule has 2 aromatic carbocycles. The van der Waals surface area contributed by atoms with Crippen LogP contribution in [-0.2, 0) is 15.9 Å². The van der Waals surface area contributed by atoms with Crippen molar-refractivity contribution in [1.82, 2.24) is 0 Å². The van der Waals surface area contributed by atoms with Crippen molar-refractivity contribution in [3.8, 4) is 0 Å². The summed E-state index contributed by atoms with van der Waals surface area (Å²) in [6, 6.07) is 14.9. The van der Waals surface area contributed by atoms with Crippen molar-refractivity contribution in [3.63, 3.8) is 0 Å². The molecular formula is C17H18O2. The molecule has 0 radical (unpaired) electrons. The van der Waals surface area contributed by atoms with Crippen LogP contribution in [0.15, 0.2) is 54.6 Å². The highest BCUT2D eigenvalue weighted by Gasteiger charge is 2.09. The van der Waals surface area contributed by atoms with Crippen LogP contribution < -0.4 is 0 Å². The zero-order chi connectivity index (χ0) is 12.9. The molecule has 0 bridgehead atoms. The lowest BCUT2D eigenvalue weighted by atomic mass is 10.0. The predicted molar refractivity (Wildman–Crippen MR) is 77.1 cm³/mol. The van der Waals surface area contributed by atoms with E-state index in [1.165, 1.54) is 16.3 Å². The third-order valence-electron chi connectivity index (χ3n) is 3.36. The zero-order valence-corrected chi connectivity index (χ0v) is 10.9. The molecule has 0 spiro atoms. The molecule has 2 nitrogen and oxygen atoms in total. The van der Waals surface area contributed by atoms with Crippen LogP contribution in [0.2, 0.25) is 0 Å². The molecule has 1 heterocycles. The summed E-state index contributed by atoms with van der Waals surface area (Å²) in [7, 11) is 0. The van der Waals surface area contributed by atoms with Gasteiger partial charge >= 0.3 is 0 Å². The molecule has 0 atom stereocenters. The third kappa shape index (κ3) is 3.03. The molecule has 0 N–H and O–H groups in total. The number of allylic oxidation sites excluding steroid dienone is 1. The number of hydrogen-bond acceptors (Lipinski definition) is 2. The molecule has 0 unspecified atom stereocenters. The largest absolute Gasteiger partial charge is 0.349 e. The second kappa shape index (κ2) is 6.00. The second-order valence-corrected chi connectivity index (χ2v) is 4.73. The summed E-state index contributed by atoms with van der Waals surface area (Å²) in [5.41, 5.74) is 1.34. The summed E-state index contributed by atoms with van der Waals surface area (Å²) in [6.45, 7) is 1.59. The fourth-order valence-electron chi connectivity index (χ4n) is 2.39. The van der Waals surface area contributed by atoms with E-state index >= 15 is 0 Å². The monoisotopic (exact) mass is 254 g/mol. The highest BCUT2D eigenvalue weighted by Crippen LogP contribution is 2.19. The van der Waals surface area contributed by atoms with Crippen molar-refractivity contribution in [1.29, 1.82) is 0 Å². The molecule has 0 aromatic heterocycles. The molecule has 19 heavy (non-hydrogen) atoms. The first kappa shape index (κ1) is 12.4. The van der Waals surface area contributed by atoms with Crippen molar-refractivity contribution in [2.75, 3.05) is 13.2 Å². The molecule has 98 valence electrons. The number of ether oxygens (including phenoxy) is 2. The smallest absolute Gasteiger partial charge is 0.176 e. The first-order chi connectivity index (χ1) is 9.43. The maximum Gasteiger partial charge on any atom is 0.176 e. The highest BCUT2D eigenvalue weighted by molar-refractivity contribution is 5.85. The molecule has 0 aliphatic carbocycles. The standard InChI is InChI=1S/C17H18O2/c1-2-10-16-14(6-1)7-3-8-15(16)9-4-11-17-18-12-5-13-19-17/h1-4,6-8,10-11,17H,5,9,12-13H2/b11-4+. The van der Waals surface area contributed by atoms with Gasteiger partial charge in [0.1, 0.15) is 0 Å². The van der Waals surface area contributed by atoms with Gasteiger partial charge in [-0.2, -0.15) is 0 Å². The Kier molecular flexibility index (Phi) is 3.92. The molecule has 1 aliphatic heterocycles. The fraction of sp³-hybridized carbons (Fsp3) is 0.294. The SMILES string of the molecule is C(=C\C1OCCCO1)/Cc1cccc2ccccc12. The van der Waals surface area contributed by atoms with Crippen molar-refractivity contribution in [3.05, 3.63) is 60.2 Å². The lowest BCUT2D eigenvalue weighted by Crippen LogP contribution is -2.22. The van der Waals surface area contributed by atoms with Crippen molar-refractivity contribution in [2.24, 2.45) is 0 Å². The van der Waals surface area contributed by atoms with Gasteiger partial charge in [-0.15, -0.1) is 0 Å². The Bertz CT molecular complexity index is 563. The first-order valence-electron chi connectivity index (χ1n) is 6.80. The van der Waals surface area contributed by atoms with E-state index in [9.17, 15) is 0 Å². The number of hydrogen-bond donors (Lipinski definition) is 0. The van der Waals surface area contributed by atoms with E-state index in [1.54, 1.807) is 0 Å². The summed E-state index contributed by atoms with van der Waals surface area (Å²) in [6.07, 6.45) is 5.89. The van der Waals surface area contributed by atoms with E-state index in [0.717, 1.165) is 26.1 Å². The number of fused-ring (bicyclic) bond motifs is 1. The van der Waals surface area contributed by atoms with Gasteiger partial charge in [0.15, 0.2) is 6.29 Å². The molecule has 2 aromatic rings. The average molecular weight is 254 g/mol. The molecule has 3 rings (SSSR count). The van der Waals surface area contributed by atoms with Crippen LogP contribution >= 0.6 is 0 Å². The topological polar surface area (TPSA) is 18.5 Å². The van der Waals surface area contributed by atoms with Gasteiger partial charge in [0.2, 0.25) is 0 Å². The molecule has 1 saturated heterocycles. The van der Waals surface area contributed by atoms with Gasteiger partial charge < -0.3 is 9.47 Å². The van der Waals surface area contributed by atoms with E-state index < -0.39 is 0 Å². The van der Waals surface area contributed by atoms with Crippen LogP contribution in [0.3, 0.4) is 0 Å². The Morgan fingerprint density at radius 3 is 2.68 bits per heavy atom. The maximum absolute atomic E-state index is 5.49. The Hall–Kier alpha value is -1.64. The van der Waals surface area contributed by atoms with E-state index in [-0.39, 0.29) is 6.29 Å². The zero-order valence-electron chi connectivity index (χ0n) is 10.9. The van der Waals surface area contributed by atoms with Gasteiger partial charge in [-0.25, -0.2) is 0 Å². The van der Waals surface area contributed by atoms with Crippen LogP contribution in [0.25, 0.3) is 10.8 Å². The minimum Gasteiger partial charge on any atom is -0.349 e. The quantitative estimate of drug-likeness (QED) is 0.777. The Balaban J connectivity index is 1.72. The van der Waals surface area contributed by atoms with E-state index in [4.69, 9.17) is 9.47 Å². The normalized spacial score (nSPS) is 17.3. The van der Waals surface area contributed by atoms with Crippen LogP contribution in [0, 0.1) is 0 Å². The Morgan fingerprint density at radius 2 is 1.79 bits per heavy atom. The second-order valence-electron chi connectivity index (χ2n) is 4.73. The van der Waals surface area contributed by atoms with Gasteiger partial charge in [-0.3, -0.25) is 0 Å². The summed E-state index contributed by atoms with van der Waals surface area (Å²) < 4.78 is 11.0. The Morgan fingerprint density at radius 1 is 1.00 bits per heavy atom. The average Bonchev–Trinajstić information content (AvgIpc) is 2.49. The van der Waals surface area contributed by atoms with Crippen molar-refractivity contribution >= 4 is 10.8 Å². The van der Waals surface area contributed by atoms with E-state index in [1.807, 2.05) is 6.08 Å². The Labute approximate surface area is 113 Å². The summed E-state index contributed by atoms with van der Waals surface area (Å²) in [5, 5.41) is 2.61. The molecule has 1 aliphatic rings. The predicted octanol–water partition coefficient (Wildman–Crippen LogP) is 3.70. The minimum atomic E-state index is -0.163. The first-order valence-corrected chi connectivity index (χ1v) is 6.80. The number of rotatable bonds is 3. The molecule has 1 fully saturated rings. The molecule has 2 heteroatoms. The van der Waals surface area contributed by atoms with E-state index in [0.29, 0.717) is 0 Å². The van der Waals surface area contributed by atoms with Crippen LogP contribution in [0.5, 0.6) is 0 Å². The molecule has 0 amide bonds. The lowest BCUT2D eigenvalue weighted by molar-refractivity contribution is -0.149. The summed E-state index contributed by atoms with van der Waals surface area (Å²) in [4.78, 5) is 0. The van der Waals surface area contributed by atoms with Gasteiger partial charge in [0, 0.05) is 0 Å². The van der Waals surface area contributed by atoms with E-state index in [2.05, 4.69) is 48.5 Å². The maximum atomic E-state index is 5.49. The van der Waals surface area contributed by atoms with Gasteiger partial charge in [-0.1, -0.05) is 48.5 Å². The summed E-state index contributed by atoms with van der Waals surface area (Å²) in [5.74, 6) is 0. The van der Waals surface area contributed by atoms with Crippen LogP contribution in [0.1, 0.15) is 12.0 Å². The van der Waals surface area contributed by atoms with Gasteiger partial charge in [0.25, 0.3) is 0 Å². The summed E-state index contributed by atoms with van der Waals surface area (Å²) >= 11 is 0. The number of benzene rings is 2. The highest BCUT2D eigenvalue weighted by atomic mass is 16.7. The van der Waals surface area contributed by atoms with Gasteiger partial charge in [-0.05, 0) is 35.3 Å². The molecule has 0 saturated carbocycles. The minimum absolute atomic E-state index is 0.163. The van der Waals surface area contributed by atoms with Crippen molar-refractivity contribution in [2.45, 2.75) is 19.1 Å². The van der Waals surface area contributed by atoms with Gasteiger partial charge in [0.05, 0.1) is 13.2 Å². The molecular weight excluding hydrogens is 236 g/mol. The van der Waals surface area contributed by atoms with Crippen molar-refractivity contribution < 1.29 is 9.47 Å². The third-order valence-corrected chi connectivity index (χ3v) is 3.36. The van der Waals surface area contributed by atoms with Crippen LogP contribution in [0.4, 0.5) is 0 Å². The lowest BCUT2D eigenvalue weighted by Gasteiger charge is -2.20.